The number of benzene rings is 1. The van der Waals surface area contributed by atoms with Crippen LogP contribution in [0.15, 0.2) is 63.6 Å². The Morgan fingerprint density at radius 3 is 2.66 bits per heavy atom. The Morgan fingerprint density at radius 1 is 0.966 bits per heavy atom. The summed E-state index contributed by atoms with van der Waals surface area (Å²) in [5.41, 5.74) is 1.85. The van der Waals surface area contributed by atoms with Gasteiger partial charge in [-0.1, -0.05) is 18.2 Å². The van der Waals surface area contributed by atoms with E-state index in [9.17, 15) is 0 Å². The quantitative estimate of drug-likeness (QED) is 0.449. The largest absolute Gasteiger partial charge is 0.493 e. The molecule has 0 amide bonds. The van der Waals surface area contributed by atoms with E-state index in [-0.39, 0.29) is 6.61 Å². The fraction of sp³-hybridized carbons (Fsp3) is 0.136. The summed E-state index contributed by atoms with van der Waals surface area (Å²) >= 11 is 0. The lowest BCUT2D eigenvalue weighted by Gasteiger charge is -2.09. The standard InChI is InChI=1S/C22H19N3O4/c1-15-6-10-19(28-15)22-25-24-21(29-22)14-27-18-11-8-16(13-20(18)26-2)7-9-17-5-3-4-12-23-17/h3-13H,14H2,1-2H3/b9-7+. The Balaban J connectivity index is 1.43. The third-order valence-electron chi connectivity index (χ3n) is 4.09. The minimum Gasteiger partial charge on any atom is -0.493 e. The SMILES string of the molecule is COc1cc(/C=C/c2ccccn2)ccc1OCc1nnc(-c2ccc(C)o2)o1. The molecule has 0 unspecified atom stereocenters. The van der Waals surface area contributed by atoms with E-state index in [1.165, 1.54) is 0 Å². The normalized spacial score (nSPS) is 11.1. The van der Waals surface area contributed by atoms with Crippen LogP contribution < -0.4 is 9.47 Å². The molecule has 1 aromatic carbocycles. The van der Waals surface area contributed by atoms with E-state index in [1.807, 2.05) is 61.5 Å². The van der Waals surface area contributed by atoms with Gasteiger partial charge in [0.05, 0.1) is 12.8 Å². The molecule has 0 aliphatic heterocycles. The molecule has 0 radical (unpaired) electrons. The molecule has 0 aliphatic rings. The first-order chi connectivity index (χ1) is 14.2. The van der Waals surface area contributed by atoms with Gasteiger partial charge < -0.3 is 18.3 Å². The summed E-state index contributed by atoms with van der Waals surface area (Å²) in [5.74, 6) is 3.15. The minimum absolute atomic E-state index is 0.117. The Bertz CT molecular complexity index is 1120. The molecule has 0 spiro atoms. The lowest BCUT2D eigenvalue weighted by molar-refractivity contribution is 0.250. The predicted octanol–water partition coefficient (Wildman–Crippen LogP) is 4.79. The number of aromatic nitrogens is 3. The summed E-state index contributed by atoms with van der Waals surface area (Å²) in [5, 5.41) is 7.98. The molecule has 7 nitrogen and oxygen atoms in total. The van der Waals surface area contributed by atoms with Crippen molar-refractivity contribution in [3.05, 3.63) is 77.6 Å². The molecule has 0 aliphatic carbocycles. The number of hydrogen-bond acceptors (Lipinski definition) is 7. The zero-order valence-electron chi connectivity index (χ0n) is 16.0. The van der Waals surface area contributed by atoms with Gasteiger partial charge in [-0.15, -0.1) is 10.2 Å². The van der Waals surface area contributed by atoms with Crippen LogP contribution in [-0.4, -0.2) is 22.3 Å². The maximum atomic E-state index is 5.80. The molecular formula is C22H19N3O4. The van der Waals surface area contributed by atoms with Gasteiger partial charge in [-0.05, 0) is 55.0 Å². The van der Waals surface area contributed by atoms with Crippen LogP contribution in [0.25, 0.3) is 23.8 Å². The molecule has 4 rings (SSSR count). The van der Waals surface area contributed by atoms with Crippen molar-refractivity contribution in [1.82, 2.24) is 15.2 Å². The number of rotatable bonds is 7. The summed E-state index contributed by atoms with van der Waals surface area (Å²) in [6.45, 7) is 1.97. The van der Waals surface area contributed by atoms with Crippen molar-refractivity contribution in [2.24, 2.45) is 0 Å². The highest BCUT2D eigenvalue weighted by Crippen LogP contribution is 2.30. The third kappa shape index (κ3) is 4.52. The Labute approximate surface area is 167 Å². The number of pyridine rings is 1. The van der Waals surface area contributed by atoms with Crippen LogP contribution in [0.4, 0.5) is 0 Å². The summed E-state index contributed by atoms with van der Waals surface area (Å²) in [7, 11) is 1.60. The molecule has 3 aromatic heterocycles. The molecule has 3 heterocycles. The topological polar surface area (TPSA) is 83.4 Å². The lowest BCUT2D eigenvalue weighted by atomic mass is 10.1. The molecule has 0 N–H and O–H groups in total. The van der Waals surface area contributed by atoms with E-state index < -0.39 is 0 Å². The van der Waals surface area contributed by atoms with Crippen LogP contribution >= 0.6 is 0 Å². The highest BCUT2D eigenvalue weighted by atomic mass is 16.5. The van der Waals surface area contributed by atoms with Gasteiger partial charge in [0.15, 0.2) is 23.9 Å². The van der Waals surface area contributed by atoms with Crippen LogP contribution in [0.3, 0.4) is 0 Å². The van der Waals surface area contributed by atoms with Crippen molar-refractivity contribution in [3.63, 3.8) is 0 Å². The maximum Gasteiger partial charge on any atom is 0.283 e. The van der Waals surface area contributed by atoms with Gasteiger partial charge in [0.25, 0.3) is 11.8 Å². The second-order valence-corrected chi connectivity index (χ2v) is 6.20. The lowest BCUT2D eigenvalue weighted by Crippen LogP contribution is -1.98. The highest BCUT2D eigenvalue weighted by molar-refractivity contribution is 5.69. The summed E-state index contributed by atoms with van der Waals surface area (Å²) in [6.07, 6.45) is 5.66. The van der Waals surface area contributed by atoms with E-state index in [2.05, 4.69) is 15.2 Å². The first-order valence-electron chi connectivity index (χ1n) is 9.00. The number of ether oxygens (including phenoxy) is 2. The minimum atomic E-state index is 0.117. The van der Waals surface area contributed by atoms with Crippen LogP contribution in [0.5, 0.6) is 11.5 Å². The van der Waals surface area contributed by atoms with Crippen molar-refractivity contribution < 1.29 is 18.3 Å². The summed E-state index contributed by atoms with van der Waals surface area (Å²) in [4.78, 5) is 4.27. The maximum absolute atomic E-state index is 5.80. The fourth-order valence-corrected chi connectivity index (χ4v) is 2.66. The van der Waals surface area contributed by atoms with E-state index in [0.29, 0.717) is 29.0 Å². The Kier molecular flexibility index (Phi) is 5.38. The molecule has 29 heavy (non-hydrogen) atoms. The number of methoxy groups -OCH3 is 1. The number of hydrogen-bond donors (Lipinski definition) is 0. The average molecular weight is 389 g/mol. The number of furan rings is 1. The smallest absolute Gasteiger partial charge is 0.283 e. The molecule has 7 heteroatoms. The van der Waals surface area contributed by atoms with Crippen molar-refractivity contribution in [3.8, 4) is 23.1 Å². The van der Waals surface area contributed by atoms with Crippen molar-refractivity contribution in [2.75, 3.05) is 7.11 Å². The van der Waals surface area contributed by atoms with E-state index in [1.54, 1.807) is 19.4 Å². The fourth-order valence-electron chi connectivity index (χ4n) is 2.66. The third-order valence-corrected chi connectivity index (χ3v) is 4.09. The van der Waals surface area contributed by atoms with Gasteiger partial charge in [0, 0.05) is 6.20 Å². The summed E-state index contributed by atoms with van der Waals surface area (Å²) in [6, 6.07) is 15.0. The van der Waals surface area contributed by atoms with E-state index in [4.69, 9.17) is 18.3 Å². The highest BCUT2D eigenvalue weighted by Gasteiger charge is 2.13. The molecule has 0 fully saturated rings. The zero-order chi connectivity index (χ0) is 20.1. The van der Waals surface area contributed by atoms with Crippen LogP contribution in [0, 0.1) is 6.92 Å². The predicted molar refractivity (Wildman–Crippen MR) is 107 cm³/mol. The van der Waals surface area contributed by atoms with Crippen LogP contribution in [0.2, 0.25) is 0 Å². The number of aryl methyl sites for hydroxylation is 1. The van der Waals surface area contributed by atoms with Gasteiger partial charge in [-0.2, -0.15) is 0 Å². The average Bonchev–Trinajstić information content (AvgIpc) is 3.40. The number of nitrogens with zero attached hydrogens (tertiary/aromatic N) is 3. The van der Waals surface area contributed by atoms with Crippen molar-refractivity contribution in [1.29, 1.82) is 0 Å². The molecule has 0 atom stereocenters. The second-order valence-electron chi connectivity index (χ2n) is 6.20. The van der Waals surface area contributed by atoms with Gasteiger partial charge in [-0.25, -0.2) is 0 Å². The Hall–Kier alpha value is -3.87. The van der Waals surface area contributed by atoms with Crippen molar-refractivity contribution in [2.45, 2.75) is 13.5 Å². The first-order valence-corrected chi connectivity index (χ1v) is 9.00. The van der Waals surface area contributed by atoms with Gasteiger partial charge in [0.1, 0.15) is 5.76 Å². The summed E-state index contributed by atoms with van der Waals surface area (Å²) < 4.78 is 22.3. The Morgan fingerprint density at radius 2 is 1.90 bits per heavy atom. The van der Waals surface area contributed by atoms with Crippen LogP contribution in [0.1, 0.15) is 22.9 Å². The van der Waals surface area contributed by atoms with Crippen molar-refractivity contribution >= 4 is 12.2 Å². The van der Waals surface area contributed by atoms with E-state index in [0.717, 1.165) is 17.0 Å². The molecular weight excluding hydrogens is 370 g/mol. The molecule has 0 saturated heterocycles. The molecule has 146 valence electrons. The second kappa shape index (κ2) is 8.43. The molecule has 0 bridgehead atoms. The van der Waals surface area contributed by atoms with Gasteiger partial charge in [-0.3, -0.25) is 4.98 Å². The zero-order valence-corrected chi connectivity index (χ0v) is 16.0. The van der Waals surface area contributed by atoms with Gasteiger partial charge in [0.2, 0.25) is 0 Å². The van der Waals surface area contributed by atoms with E-state index >= 15 is 0 Å². The monoisotopic (exact) mass is 389 g/mol. The first kappa shape index (κ1) is 18.5. The molecule has 0 saturated carbocycles. The van der Waals surface area contributed by atoms with Crippen LogP contribution in [-0.2, 0) is 6.61 Å². The van der Waals surface area contributed by atoms with Gasteiger partial charge >= 0.3 is 0 Å². The molecule has 4 aromatic rings.